The molecule has 2 aromatic carbocycles. The summed E-state index contributed by atoms with van der Waals surface area (Å²) in [5, 5.41) is 22.1. The molecule has 2 nitrogen and oxygen atoms in total. The van der Waals surface area contributed by atoms with E-state index in [1.54, 1.807) is 21.6 Å². The van der Waals surface area contributed by atoms with Gasteiger partial charge < -0.3 is 10.2 Å². The van der Waals surface area contributed by atoms with Crippen LogP contribution in [0, 0.1) is 0 Å². The minimum Gasteiger partial charge on any atom is -0.507 e. The summed E-state index contributed by atoms with van der Waals surface area (Å²) in [5.74, 6) is 0.765. The van der Waals surface area contributed by atoms with Gasteiger partial charge in [-0.25, -0.2) is 0 Å². The first-order valence-electron chi connectivity index (χ1n) is 11.3. The number of phenolic OH excluding ortho intramolecular Hbond substituents is 2. The van der Waals surface area contributed by atoms with Gasteiger partial charge in [-0.05, 0) is 56.2 Å². The molecule has 0 aromatic heterocycles. The fourth-order valence-corrected chi connectivity index (χ4v) is 5.68. The van der Waals surface area contributed by atoms with E-state index in [0.29, 0.717) is 11.5 Å². The molecule has 0 saturated heterocycles. The Labute approximate surface area is 204 Å². The average Bonchev–Trinajstić information content (AvgIpc) is 2.57. The van der Waals surface area contributed by atoms with Crippen molar-refractivity contribution in [2.24, 2.45) is 0 Å². The zero-order chi connectivity index (χ0) is 24.9. The van der Waals surface area contributed by atoms with Gasteiger partial charge in [0.1, 0.15) is 11.5 Å². The largest absolute Gasteiger partial charge is 0.507 e. The second-order valence-electron chi connectivity index (χ2n) is 12.9. The third kappa shape index (κ3) is 6.20. The number of phenols is 2. The van der Waals surface area contributed by atoms with Crippen LogP contribution in [0.15, 0.2) is 34.1 Å². The quantitative estimate of drug-likeness (QED) is 0.435. The topological polar surface area (TPSA) is 40.5 Å². The van der Waals surface area contributed by atoms with Crippen LogP contribution in [-0.4, -0.2) is 10.2 Å². The van der Waals surface area contributed by atoms with E-state index in [4.69, 9.17) is 0 Å². The van der Waals surface area contributed by atoms with Crippen molar-refractivity contribution in [3.8, 4) is 11.5 Å². The zero-order valence-electron chi connectivity index (χ0n) is 22.0. The molecule has 2 aromatic rings. The minimum atomic E-state index is -0.168. The summed E-state index contributed by atoms with van der Waals surface area (Å²) in [5.41, 5.74) is 3.61. The molecule has 0 bridgehead atoms. The van der Waals surface area contributed by atoms with Crippen molar-refractivity contribution in [3.63, 3.8) is 0 Å². The van der Waals surface area contributed by atoms with Gasteiger partial charge in [-0.1, -0.05) is 99.9 Å². The van der Waals surface area contributed by atoms with Gasteiger partial charge in [0.2, 0.25) is 0 Å². The van der Waals surface area contributed by atoms with E-state index in [-0.39, 0.29) is 21.7 Å². The molecule has 0 atom stereocenters. The Hall–Kier alpha value is -1.26. The summed E-state index contributed by atoms with van der Waals surface area (Å²) in [7, 11) is 3.23. The number of hydrogen-bond donors (Lipinski definition) is 2. The molecule has 0 heterocycles. The van der Waals surface area contributed by atoms with Crippen molar-refractivity contribution >= 4 is 21.6 Å². The maximum atomic E-state index is 11.1. The summed E-state index contributed by atoms with van der Waals surface area (Å²) in [6.07, 6.45) is 0. The lowest BCUT2D eigenvalue weighted by molar-refractivity contribution is 0.422. The Morgan fingerprint density at radius 1 is 0.500 bits per heavy atom. The van der Waals surface area contributed by atoms with Crippen molar-refractivity contribution in [3.05, 3.63) is 46.5 Å². The molecule has 2 rings (SSSR count). The summed E-state index contributed by atoms with van der Waals surface area (Å²) in [6, 6.07) is 8.47. The van der Waals surface area contributed by atoms with Crippen LogP contribution >= 0.6 is 21.6 Å². The van der Waals surface area contributed by atoms with Crippen LogP contribution in [-0.2, 0) is 21.7 Å². The van der Waals surface area contributed by atoms with Crippen LogP contribution in [0.5, 0.6) is 11.5 Å². The van der Waals surface area contributed by atoms with Gasteiger partial charge in [0.05, 0.1) is 4.90 Å². The van der Waals surface area contributed by atoms with Crippen LogP contribution in [0.3, 0.4) is 0 Å². The lowest BCUT2D eigenvalue weighted by atomic mass is 9.79. The fourth-order valence-electron chi connectivity index (χ4n) is 3.57. The van der Waals surface area contributed by atoms with E-state index in [2.05, 4.69) is 107 Å². The first-order chi connectivity index (χ1) is 14.2. The SMILES string of the molecule is CC(C)(C)c1cc(SSc2cc(C(C)(C)C)c(O)c(C(C)(C)C)c2)c(O)c(C(C)(C)C)c1. The lowest BCUT2D eigenvalue weighted by Gasteiger charge is -2.28. The van der Waals surface area contributed by atoms with E-state index in [1.807, 2.05) is 0 Å². The van der Waals surface area contributed by atoms with Crippen LogP contribution in [0.1, 0.15) is 105 Å². The molecule has 32 heavy (non-hydrogen) atoms. The Morgan fingerprint density at radius 2 is 0.906 bits per heavy atom. The van der Waals surface area contributed by atoms with Crippen LogP contribution < -0.4 is 0 Å². The van der Waals surface area contributed by atoms with E-state index in [1.165, 1.54) is 5.56 Å². The summed E-state index contributed by atoms with van der Waals surface area (Å²) in [6.45, 7) is 25.8. The normalized spacial score (nSPS) is 13.5. The van der Waals surface area contributed by atoms with Crippen molar-refractivity contribution in [2.45, 2.75) is 115 Å². The van der Waals surface area contributed by atoms with E-state index < -0.39 is 0 Å². The highest BCUT2D eigenvalue weighted by Crippen LogP contribution is 2.49. The Morgan fingerprint density at radius 3 is 1.28 bits per heavy atom. The summed E-state index contributed by atoms with van der Waals surface area (Å²) >= 11 is 0. The van der Waals surface area contributed by atoms with E-state index in [9.17, 15) is 10.2 Å². The predicted molar refractivity (Wildman–Crippen MR) is 143 cm³/mol. The second-order valence-corrected chi connectivity index (χ2v) is 15.1. The highest BCUT2D eigenvalue weighted by atomic mass is 33.1. The molecule has 0 saturated carbocycles. The van der Waals surface area contributed by atoms with Crippen LogP contribution in [0.4, 0.5) is 0 Å². The maximum Gasteiger partial charge on any atom is 0.133 e. The highest BCUT2D eigenvalue weighted by Gasteiger charge is 2.28. The molecule has 0 aliphatic heterocycles. The average molecular weight is 475 g/mol. The molecular weight excluding hydrogens is 432 g/mol. The molecule has 0 aliphatic carbocycles. The second kappa shape index (κ2) is 8.83. The van der Waals surface area contributed by atoms with Crippen molar-refractivity contribution < 1.29 is 10.2 Å². The van der Waals surface area contributed by atoms with Crippen molar-refractivity contribution in [1.82, 2.24) is 0 Å². The highest BCUT2D eigenvalue weighted by molar-refractivity contribution is 8.76. The first-order valence-corrected chi connectivity index (χ1v) is 13.5. The molecule has 0 spiro atoms. The van der Waals surface area contributed by atoms with Crippen molar-refractivity contribution in [1.29, 1.82) is 0 Å². The van der Waals surface area contributed by atoms with E-state index in [0.717, 1.165) is 26.5 Å². The zero-order valence-corrected chi connectivity index (χ0v) is 23.7. The Bertz CT molecular complexity index is 944. The van der Waals surface area contributed by atoms with Gasteiger partial charge in [0.15, 0.2) is 0 Å². The Kier molecular flexibility index (Phi) is 7.45. The van der Waals surface area contributed by atoms with Gasteiger partial charge in [-0.15, -0.1) is 0 Å². The van der Waals surface area contributed by atoms with Gasteiger partial charge in [-0.3, -0.25) is 0 Å². The van der Waals surface area contributed by atoms with Gasteiger partial charge >= 0.3 is 0 Å². The third-order valence-corrected chi connectivity index (χ3v) is 8.04. The standard InChI is InChI=1S/C28H42O2S2/c1-25(2,3)17-13-19(26(4,5)6)24(30)22(14-17)32-31-18-15-20(27(7,8)9)23(29)21(16-18)28(10,11)12/h13-16,29-30H,1-12H3. The molecule has 4 heteroatoms. The number of rotatable bonds is 3. The molecule has 0 aliphatic rings. The number of benzene rings is 2. The van der Waals surface area contributed by atoms with Gasteiger partial charge in [-0.2, -0.15) is 0 Å². The predicted octanol–water partition coefficient (Wildman–Crippen LogP) is 9.09. The minimum absolute atomic E-state index is 0.00891. The number of aromatic hydroxyl groups is 2. The molecule has 0 radical (unpaired) electrons. The third-order valence-electron chi connectivity index (χ3n) is 5.68. The maximum absolute atomic E-state index is 11.1. The molecule has 0 fully saturated rings. The lowest BCUT2D eigenvalue weighted by Crippen LogP contribution is -2.17. The summed E-state index contributed by atoms with van der Waals surface area (Å²) in [4.78, 5) is 1.97. The van der Waals surface area contributed by atoms with E-state index >= 15 is 0 Å². The van der Waals surface area contributed by atoms with Crippen LogP contribution in [0.2, 0.25) is 0 Å². The van der Waals surface area contributed by atoms with Gasteiger partial charge in [0, 0.05) is 21.6 Å². The fraction of sp³-hybridized carbons (Fsp3) is 0.571. The molecule has 2 N–H and O–H groups in total. The molecule has 178 valence electrons. The smallest absolute Gasteiger partial charge is 0.133 e. The molecule has 0 unspecified atom stereocenters. The monoisotopic (exact) mass is 474 g/mol. The Balaban J connectivity index is 2.57. The van der Waals surface area contributed by atoms with Crippen LogP contribution in [0.25, 0.3) is 0 Å². The molecular formula is C28H42O2S2. The van der Waals surface area contributed by atoms with Gasteiger partial charge in [0.25, 0.3) is 0 Å². The summed E-state index contributed by atoms with van der Waals surface area (Å²) < 4.78 is 0. The molecule has 0 amide bonds. The first kappa shape index (κ1) is 27.0. The number of hydrogen-bond acceptors (Lipinski definition) is 4. The van der Waals surface area contributed by atoms with Crippen molar-refractivity contribution in [2.75, 3.05) is 0 Å².